The minimum absolute atomic E-state index is 0.222. The van der Waals surface area contributed by atoms with Gasteiger partial charge in [0.1, 0.15) is 24.4 Å². The first-order valence-electron chi connectivity index (χ1n) is 33.5. The lowest BCUT2D eigenvalue weighted by Gasteiger charge is -2.40. The normalized spacial score (nSPS) is 19.4. The van der Waals surface area contributed by atoms with Crippen LogP contribution in [0.3, 0.4) is 0 Å². The van der Waals surface area contributed by atoms with Gasteiger partial charge in [0.15, 0.2) is 6.29 Å². The number of carbonyl (C=O) groups excluding carboxylic acids is 1. The molecule has 0 aromatic heterocycles. The van der Waals surface area contributed by atoms with Crippen molar-refractivity contribution in [3.8, 4) is 0 Å². The number of rotatable bonds is 55. The molecule has 1 rings (SSSR count). The van der Waals surface area contributed by atoms with Gasteiger partial charge >= 0.3 is 0 Å². The zero-order valence-corrected chi connectivity index (χ0v) is 53.3. The molecule has 6 N–H and O–H groups in total. The summed E-state index contributed by atoms with van der Waals surface area (Å²) in [6.45, 7) is 3.62. The Hall–Kier alpha value is -4.71. The van der Waals surface area contributed by atoms with E-state index in [9.17, 15) is 30.3 Å². The monoisotopic (exact) mass is 1180 g/mol. The third-order valence-corrected chi connectivity index (χ3v) is 14.4. The molecule has 0 radical (unpaired) electrons. The first-order chi connectivity index (χ1) is 41.8. The van der Waals surface area contributed by atoms with Crippen LogP contribution in [0.2, 0.25) is 0 Å². The highest BCUT2D eigenvalue weighted by Crippen LogP contribution is 2.23. The molecule has 9 nitrogen and oxygen atoms in total. The summed E-state index contributed by atoms with van der Waals surface area (Å²) in [6, 6.07) is -0.857. The van der Waals surface area contributed by atoms with E-state index in [1.807, 2.05) is 6.08 Å². The Morgan fingerprint density at radius 3 is 1.13 bits per heavy atom. The summed E-state index contributed by atoms with van der Waals surface area (Å²) < 4.78 is 11.3. The number of nitrogens with one attached hydrogen (secondary N) is 1. The van der Waals surface area contributed by atoms with Crippen molar-refractivity contribution in [3.05, 3.63) is 182 Å². The molecule has 0 saturated carbocycles. The number of aliphatic hydroxyl groups is 5. The summed E-state index contributed by atoms with van der Waals surface area (Å²) >= 11 is 0. The number of unbranched alkanes of at least 4 members (excludes halogenated alkanes) is 17. The van der Waals surface area contributed by atoms with Crippen molar-refractivity contribution in [2.24, 2.45) is 0 Å². The number of carbonyl (C=O) groups is 1. The van der Waals surface area contributed by atoms with Crippen molar-refractivity contribution in [2.45, 2.75) is 275 Å². The van der Waals surface area contributed by atoms with Crippen molar-refractivity contribution in [1.82, 2.24) is 5.32 Å². The molecule has 0 aromatic rings. The van der Waals surface area contributed by atoms with Crippen molar-refractivity contribution in [1.29, 1.82) is 0 Å². The molecule has 478 valence electrons. The average Bonchev–Trinajstić information content (AvgIpc) is 3.68. The van der Waals surface area contributed by atoms with Gasteiger partial charge in [0.25, 0.3) is 0 Å². The maximum absolute atomic E-state index is 13.1. The second-order valence-electron chi connectivity index (χ2n) is 22.2. The fraction of sp³-hybridized carbons (Fsp3) is 0.592. The summed E-state index contributed by atoms with van der Waals surface area (Å²) in [4.78, 5) is 13.1. The van der Waals surface area contributed by atoms with Gasteiger partial charge < -0.3 is 40.3 Å². The summed E-state index contributed by atoms with van der Waals surface area (Å²) in [5.41, 5.74) is 0. The van der Waals surface area contributed by atoms with Gasteiger partial charge in [-0.05, 0) is 135 Å². The van der Waals surface area contributed by atoms with Crippen LogP contribution < -0.4 is 5.32 Å². The Kier molecular flexibility index (Phi) is 57.4. The van der Waals surface area contributed by atoms with Crippen LogP contribution in [-0.2, 0) is 14.3 Å². The lowest BCUT2D eigenvalue weighted by Crippen LogP contribution is -2.60. The van der Waals surface area contributed by atoms with Gasteiger partial charge in [0.2, 0.25) is 5.91 Å². The maximum atomic E-state index is 13.1. The van der Waals surface area contributed by atoms with Crippen LogP contribution in [0, 0.1) is 0 Å². The molecular formula is C76H121NO8. The van der Waals surface area contributed by atoms with Gasteiger partial charge in [-0.2, -0.15) is 0 Å². The van der Waals surface area contributed by atoms with Crippen molar-refractivity contribution < 1.29 is 39.8 Å². The Morgan fingerprint density at radius 1 is 0.412 bits per heavy atom. The van der Waals surface area contributed by atoms with E-state index in [4.69, 9.17) is 9.47 Å². The van der Waals surface area contributed by atoms with Gasteiger partial charge in [-0.1, -0.05) is 273 Å². The average molecular weight is 1180 g/mol. The summed E-state index contributed by atoms with van der Waals surface area (Å²) in [6.07, 6.45) is 94.0. The predicted molar refractivity (Wildman–Crippen MR) is 363 cm³/mol. The molecule has 1 amide bonds. The maximum Gasteiger partial charge on any atom is 0.220 e. The summed E-state index contributed by atoms with van der Waals surface area (Å²) in [7, 11) is 0. The third kappa shape index (κ3) is 51.1. The van der Waals surface area contributed by atoms with Crippen molar-refractivity contribution in [2.75, 3.05) is 13.2 Å². The first kappa shape index (κ1) is 78.3. The second kappa shape index (κ2) is 62.3. The molecule has 7 atom stereocenters. The minimum Gasteiger partial charge on any atom is -0.394 e. The van der Waals surface area contributed by atoms with Crippen LogP contribution in [0.4, 0.5) is 0 Å². The van der Waals surface area contributed by atoms with E-state index in [1.54, 1.807) is 6.08 Å². The van der Waals surface area contributed by atoms with Crippen LogP contribution in [-0.4, -0.2) is 87.5 Å². The van der Waals surface area contributed by atoms with E-state index in [0.717, 1.165) is 128 Å². The van der Waals surface area contributed by atoms with E-state index in [0.29, 0.717) is 19.3 Å². The number of ether oxygens (including phenoxy) is 2. The topological polar surface area (TPSA) is 149 Å². The van der Waals surface area contributed by atoms with Crippen molar-refractivity contribution in [3.63, 3.8) is 0 Å². The number of hydrogen-bond acceptors (Lipinski definition) is 8. The number of hydrogen-bond donors (Lipinski definition) is 6. The Bertz CT molecular complexity index is 1990. The van der Waals surface area contributed by atoms with E-state index in [1.165, 1.54) is 70.6 Å². The van der Waals surface area contributed by atoms with E-state index in [-0.39, 0.29) is 12.5 Å². The summed E-state index contributed by atoms with van der Waals surface area (Å²) in [5.74, 6) is -0.222. The van der Waals surface area contributed by atoms with Gasteiger partial charge in [0.05, 0.1) is 25.4 Å². The molecule has 9 heteroatoms. The highest BCUT2D eigenvalue weighted by molar-refractivity contribution is 5.76. The molecule has 0 aliphatic carbocycles. The van der Waals surface area contributed by atoms with Crippen LogP contribution in [0.15, 0.2) is 182 Å². The lowest BCUT2D eigenvalue weighted by atomic mass is 9.99. The summed E-state index contributed by atoms with van der Waals surface area (Å²) in [5, 5.41) is 54.6. The lowest BCUT2D eigenvalue weighted by molar-refractivity contribution is -0.302. The quantitative estimate of drug-likeness (QED) is 0.0261. The molecule has 1 saturated heterocycles. The number of allylic oxidation sites excluding steroid dienone is 29. The highest BCUT2D eigenvalue weighted by atomic mass is 16.7. The van der Waals surface area contributed by atoms with Gasteiger partial charge in [-0.15, -0.1) is 0 Å². The first-order valence-corrected chi connectivity index (χ1v) is 33.5. The van der Waals surface area contributed by atoms with Crippen LogP contribution in [0.1, 0.15) is 232 Å². The van der Waals surface area contributed by atoms with Crippen LogP contribution in [0.25, 0.3) is 0 Å². The fourth-order valence-electron chi connectivity index (χ4n) is 9.23. The van der Waals surface area contributed by atoms with Crippen LogP contribution >= 0.6 is 0 Å². The molecule has 0 spiro atoms. The standard InChI is InChI=1S/C76H121NO8/c1-3-5-7-9-11-13-15-17-19-21-23-25-26-27-28-29-30-31-32-33-34-35-36-37-38-39-40-41-42-43-44-46-48-50-52-54-56-58-60-62-64-66-72(80)77-69(68-84-76-75(83)74(82)73(81)71(67-78)85-76)70(79)65-63-61-59-57-55-53-51-49-47-45-24-22-20-18-16-14-12-10-8-6-4-2/h5,7,11,13,17,19,23,25,27-28,30-31,33-34,36-37,39-40,42-43,46-49,52,54-55,57,63,65,69-71,73-76,78-79,81-83H,3-4,6,8-10,12,14-16,18,20-22,24,26,29,32,35,38,41,44-45,50-51,53,56,58-62,64,66-68H2,1-2H3,(H,77,80)/b7-5-,13-11-,19-17-,25-23-,28-27-,31-30-,34-33-,37-36-,40-39-,43-42-,48-46-,49-47+,54-52-,57-55+,65-63+. The smallest absolute Gasteiger partial charge is 0.220 e. The zero-order chi connectivity index (χ0) is 61.4. The minimum atomic E-state index is -1.59. The van der Waals surface area contributed by atoms with E-state index < -0.39 is 49.5 Å². The Balaban J connectivity index is 2.23. The zero-order valence-electron chi connectivity index (χ0n) is 53.3. The highest BCUT2D eigenvalue weighted by Gasteiger charge is 2.44. The Morgan fingerprint density at radius 2 is 0.741 bits per heavy atom. The molecule has 1 heterocycles. The third-order valence-electron chi connectivity index (χ3n) is 14.4. The van der Waals surface area contributed by atoms with Gasteiger partial charge in [-0.3, -0.25) is 4.79 Å². The number of amides is 1. The molecule has 0 bridgehead atoms. The van der Waals surface area contributed by atoms with E-state index >= 15 is 0 Å². The molecule has 1 fully saturated rings. The van der Waals surface area contributed by atoms with Gasteiger partial charge in [-0.25, -0.2) is 0 Å². The molecular weight excluding hydrogens is 1050 g/mol. The molecule has 1 aliphatic heterocycles. The molecule has 85 heavy (non-hydrogen) atoms. The molecule has 7 unspecified atom stereocenters. The SMILES string of the molecule is CC/C=C\C/C=C\C/C=C\C/C=C\C/C=C\C/C=C\C/C=C\C/C=C\C/C=C\C/C=C\C/C=C\C/C=C\CCCCCCC(=O)NC(COC1OC(CO)C(O)C(O)C1O)C(O)/C=C/CC/C=C/CC/C=C/CCCCCCCCCCCCC. The largest absolute Gasteiger partial charge is 0.394 e. The number of aliphatic hydroxyl groups excluding tert-OH is 5. The van der Waals surface area contributed by atoms with Crippen molar-refractivity contribution >= 4 is 5.91 Å². The molecule has 0 aromatic carbocycles. The Labute approximate surface area is 519 Å². The molecule has 1 aliphatic rings. The predicted octanol–water partition coefficient (Wildman–Crippen LogP) is 18.3. The fourth-order valence-corrected chi connectivity index (χ4v) is 9.23. The second-order valence-corrected chi connectivity index (χ2v) is 22.2. The van der Waals surface area contributed by atoms with Gasteiger partial charge in [0, 0.05) is 6.42 Å². The van der Waals surface area contributed by atoms with E-state index in [2.05, 4.69) is 189 Å². The van der Waals surface area contributed by atoms with Crippen LogP contribution in [0.5, 0.6) is 0 Å².